The predicted molar refractivity (Wildman–Crippen MR) is 81.6 cm³/mol. The third-order valence-electron chi connectivity index (χ3n) is 3.03. The van der Waals surface area contributed by atoms with Crippen LogP contribution in [0.15, 0.2) is 30.3 Å². The SMILES string of the molecule is CCc1cc(C(=O)NCc2cccc(C)n2)cc(NN)n1. The van der Waals surface area contributed by atoms with Gasteiger partial charge in [0.25, 0.3) is 5.91 Å². The molecule has 6 heteroatoms. The van der Waals surface area contributed by atoms with Gasteiger partial charge in [0.15, 0.2) is 0 Å². The average Bonchev–Trinajstić information content (AvgIpc) is 2.52. The largest absolute Gasteiger partial charge is 0.346 e. The number of nitrogens with two attached hydrogens (primary N) is 1. The molecular weight excluding hydrogens is 266 g/mol. The number of amides is 1. The fourth-order valence-corrected chi connectivity index (χ4v) is 1.94. The third-order valence-corrected chi connectivity index (χ3v) is 3.03. The summed E-state index contributed by atoms with van der Waals surface area (Å²) in [5.41, 5.74) is 5.56. The Morgan fingerprint density at radius 3 is 2.71 bits per heavy atom. The molecule has 0 saturated carbocycles. The molecule has 0 fully saturated rings. The van der Waals surface area contributed by atoms with Crippen molar-refractivity contribution >= 4 is 11.7 Å². The lowest BCUT2D eigenvalue weighted by Gasteiger charge is -2.08. The quantitative estimate of drug-likeness (QED) is 0.572. The van der Waals surface area contributed by atoms with E-state index in [0.717, 1.165) is 23.5 Å². The van der Waals surface area contributed by atoms with Crippen LogP contribution in [-0.4, -0.2) is 15.9 Å². The van der Waals surface area contributed by atoms with E-state index in [2.05, 4.69) is 20.7 Å². The minimum atomic E-state index is -0.174. The van der Waals surface area contributed by atoms with E-state index in [1.54, 1.807) is 12.1 Å². The Bertz CT molecular complexity index is 619. The molecule has 0 radical (unpaired) electrons. The number of aromatic nitrogens is 2. The van der Waals surface area contributed by atoms with Crippen LogP contribution in [0.25, 0.3) is 0 Å². The Labute approximate surface area is 123 Å². The van der Waals surface area contributed by atoms with E-state index in [0.29, 0.717) is 17.9 Å². The van der Waals surface area contributed by atoms with E-state index < -0.39 is 0 Å². The first-order valence-electron chi connectivity index (χ1n) is 6.80. The van der Waals surface area contributed by atoms with Gasteiger partial charge in [-0.1, -0.05) is 13.0 Å². The van der Waals surface area contributed by atoms with E-state index in [1.807, 2.05) is 32.0 Å². The van der Waals surface area contributed by atoms with Crippen molar-refractivity contribution in [3.05, 3.63) is 53.0 Å². The van der Waals surface area contributed by atoms with Crippen molar-refractivity contribution in [3.63, 3.8) is 0 Å². The first kappa shape index (κ1) is 14.9. The number of pyridine rings is 2. The number of nitrogens with one attached hydrogen (secondary N) is 2. The lowest BCUT2D eigenvalue weighted by molar-refractivity contribution is 0.0950. The van der Waals surface area contributed by atoms with E-state index in [1.165, 1.54) is 0 Å². The highest BCUT2D eigenvalue weighted by molar-refractivity contribution is 5.94. The smallest absolute Gasteiger partial charge is 0.251 e. The number of hydrazine groups is 1. The molecular formula is C15H19N5O. The molecule has 0 spiro atoms. The van der Waals surface area contributed by atoms with Crippen LogP contribution in [0.1, 0.15) is 34.4 Å². The van der Waals surface area contributed by atoms with E-state index >= 15 is 0 Å². The van der Waals surface area contributed by atoms with Crippen LogP contribution in [0.3, 0.4) is 0 Å². The van der Waals surface area contributed by atoms with Gasteiger partial charge < -0.3 is 10.7 Å². The summed E-state index contributed by atoms with van der Waals surface area (Å²) in [7, 11) is 0. The zero-order valence-corrected chi connectivity index (χ0v) is 12.2. The predicted octanol–water partition coefficient (Wildman–Crippen LogP) is 1.56. The number of hydrogen-bond donors (Lipinski definition) is 3. The molecule has 0 unspecified atom stereocenters. The lowest BCUT2D eigenvalue weighted by atomic mass is 10.2. The topological polar surface area (TPSA) is 92.9 Å². The summed E-state index contributed by atoms with van der Waals surface area (Å²) < 4.78 is 0. The maximum atomic E-state index is 12.2. The average molecular weight is 285 g/mol. The number of hydrogen-bond acceptors (Lipinski definition) is 5. The second kappa shape index (κ2) is 6.81. The van der Waals surface area contributed by atoms with Gasteiger partial charge in [0.2, 0.25) is 0 Å². The molecule has 0 saturated heterocycles. The van der Waals surface area contributed by atoms with Gasteiger partial charge in [-0.05, 0) is 37.6 Å². The summed E-state index contributed by atoms with van der Waals surface area (Å²) in [6.07, 6.45) is 0.731. The molecule has 0 atom stereocenters. The van der Waals surface area contributed by atoms with Crippen LogP contribution >= 0.6 is 0 Å². The summed E-state index contributed by atoms with van der Waals surface area (Å²) in [5, 5.41) is 2.85. The minimum absolute atomic E-state index is 0.174. The van der Waals surface area contributed by atoms with Crippen molar-refractivity contribution in [3.8, 4) is 0 Å². The second-order valence-corrected chi connectivity index (χ2v) is 4.68. The Kier molecular flexibility index (Phi) is 4.84. The number of carbonyl (C=O) groups excluding carboxylic acids is 1. The van der Waals surface area contributed by atoms with E-state index in [9.17, 15) is 4.79 Å². The summed E-state index contributed by atoms with van der Waals surface area (Å²) in [6, 6.07) is 9.10. The Balaban J connectivity index is 2.09. The molecule has 0 aromatic carbocycles. The fraction of sp³-hybridized carbons (Fsp3) is 0.267. The van der Waals surface area contributed by atoms with Gasteiger partial charge in [0.05, 0.1) is 12.2 Å². The van der Waals surface area contributed by atoms with E-state index in [-0.39, 0.29) is 5.91 Å². The van der Waals surface area contributed by atoms with Gasteiger partial charge in [0, 0.05) is 17.0 Å². The molecule has 2 heterocycles. The van der Waals surface area contributed by atoms with Gasteiger partial charge in [-0.25, -0.2) is 10.8 Å². The molecule has 0 bridgehead atoms. The second-order valence-electron chi connectivity index (χ2n) is 4.68. The number of nitrogens with zero attached hydrogens (tertiary/aromatic N) is 2. The fourth-order valence-electron chi connectivity index (χ4n) is 1.94. The zero-order chi connectivity index (χ0) is 15.2. The molecule has 0 aliphatic carbocycles. The summed E-state index contributed by atoms with van der Waals surface area (Å²) >= 11 is 0. The highest BCUT2D eigenvalue weighted by Crippen LogP contribution is 2.10. The summed E-state index contributed by atoms with van der Waals surface area (Å²) in [6.45, 7) is 4.28. The maximum Gasteiger partial charge on any atom is 0.251 e. The molecule has 0 aliphatic heterocycles. The van der Waals surface area contributed by atoms with E-state index in [4.69, 9.17) is 5.84 Å². The molecule has 2 aromatic rings. The summed E-state index contributed by atoms with van der Waals surface area (Å²) in [5.74, 6) is 5.68. The van der Waals surface area contributed by atoms with Crippen molar-refractivity contribution in [2.75, 3.05) is 5.43 Å². The summed E-state index contributed by atoms with van der Waals surface area (Å²) in [4.78, 5) is 20.8. The van der Waals surface area contributed by atoms with Crippen LogP contribution in [0.2, 0.25) is 0 Å². The normalized spacial score (nSPS) is 10.2. The lowest BCUT2D eigenvalue weighted by Crippen LogP contribution is -2.24. The van der Waals surface area contributed by atoms with Crippen molar-refractivity contribution in [2.24, 2.45) is 5.84 Å². The Morgan fingerprint density at radius 1 is 1.24 bits per heavy atom. The molecule has 4 N–H and O–H groups in total. The molecule has 1 amide bonds. The van der Waals surface area contributed by atoms with Gasteiger partial charge in [-0.2, -0.15) is 0 Å². The highest BCUT2D eigenvalue weighted by Gasteiger charge is 2.09. The number of nitrogen functional groups attached to an aromatic ring is 1. The Morgan fingerprint density at radius 2 is 2.05 bits per heavy atom. The third kappa shape index (κ3) is 4.00. The van der Waals surface area contributed by atoms with Crippen molar-refractivity contribution in [1.29, 1.82) is 0 Å². The van der Waals surface area contributed by atoms with Gasteiger partial charge >= 0.3 is 0 Å². The van der Waals surface area contributed by atoms with Crippen molar-refractivity contribution in [1.82, 2.24) is 15.3 Å². The molecule has 6 nitrogen and oxygen atoms in total. The van der Waals surface area contributed by atoms with Gasteiger partial charge in [-0.15, -0.1) is 0 Å². The molecule has 110 valence electrons. The molecule has 2 aromatic heterocycles. The Hall–Kier alpha value is -2.47. The maximum absolute atomic E-state index is 12.2. The molecule has 0 aliphatic rings. The monoisotopic (exact) mass is 285 g/mol. The number of carbonyl (C=O) groups is 1. The first-order valence-corrected chi connectivity index (χ1v) is 6.80. The van der Waals surface area contributed by atoms with Crippen LogP contribution in [0.5, 0.6) is 0 Å². The van der Waals surface area contributed by atoms with Gasteiger partial charge in [0.1, 0.15) is 5.82 Å². The van der Waals surface area contributed by atoms with Crippen LogP contribution in [0, 0.1) is 6.92 Å². The molecule has 2 rings (SSSR count). The number of rotatable bonds is 5. The van der Waals surface area contributed by atoms with Crippen molar-refractivity contribution < 1.29 is 4.79 Å². The highest BCUT2D eigenvalue weighted by atomic mass is 16.1. The van der Waals surface area contributed by atoms with Crippen LogP contribution in [0.4, 0.5) is 5.82 Å². The molecule has 21 heavy (non-hydrogen) atoms. The standard InChI is InChI=1S/C15H19N5O/c1-3-12-7-11(8-14(19-12)20-16)15(21)17-9-13-6-4-5-10(2)18-13/h4-8H,3,9,16H2,1-2H3,(H,17,21)(H,19,20). The number of anilines is 1. The van der Waals surface area contributed by atoms with Crippen LogP contribution in [-0.2, 0) is 13.0 Å². The minimum Gasteiger partial charge on any atom is -0.346 e. The number of aryl methyl sites for hydroxylation is 2. The zero-order valence-electron chi connectivity index (χ0n) is 12.2. The van der Waals surface area contributed by atoms with Crippen molar-refractivity contribution in [2.45, 2.75) is 26.8 Å². The van der Waals surface area contributed by atoms with Gasteiger partial charge in [-0.3, -0.25) is 9.78 Å². The van der Waals surface area contributed by atoms with Crippen LogP contribution < -0.4 is 16.6 Å². The first-order chi connectivity index (χ1) is 10.1.